The van der Waals surface area contributed by atoms with Crippen LogP contribution in [0.5, 0.6) is 0 Å². The fourth-order valence-corrected chi connectivity index (χ4v) is 3.20. The number of hydrogen-bond donors (Lipinski definition) is 1. The molecule has 0 bridgehead atoms. The lowest BCUT2D eigenvalue weighted by Crippen LogP contribution is -2.43. The molecular weight excluding hydrogens is 284 g/mol. The number of aryl methyl sites for hydroxylation is 1. The third-order valence-corrected chi connectivity index (χ3v) is 4.61. The van der Waals surface area contributed by atoms with E-state index in [2.05, 4.69) is 54.7 Å². The summed E-state index contributed by atoms with van der Waals surface area (Å²) in [5.74, 6) is 0. The van der Waals surface area contributed by atoms with Crippen LogP contribution in [-0.2, 0) is 6.54 Å². The third-order valence-electron chi connectivity index (χ3n) is 4.61. The Morgan fingerprint density at radius 2 is 2.26 bits per heavy atom. The summed E-state index contributed by atoms with van der Waals surface area (Å²) in [7, 11) is 0. The molecule has 1 aromatic rings. The molecule has 1 aromatic heterocycles. The minimum atomic E-state index is 0.387. The van der Waals surface area contributed by atoms with Gasteiger partial charge in [0.15, 0.2) is 0 Å². The molecule has 0 aliphatic heterocycles. The zero-order valence-corrected chi connectivity index (χ0v) is 15.0. The van der Waals surface area contributed by atoms with Crippen LogP contribution in [0, 0.1) is 6.92 Å². The first-order chi connectivity index (χ1) is 11.2. The van der Waals surface area contributed by atoms with Crippen LogP contribution in [0.4, 0.5) is 0 Å². The maximum Gasteiger partial charge on any atom is 0.0925 e. The van der Waals surface area contributed by atoms with E-state index in [4.69, 9.17) is 4.99 Å². The molecule has 0 saturated heterocycles. The second-order valence-corrected chi connectivity index (χ2v) is 6.07. The van der Waals surface area contributed by atoms with E-state index in [1.807, 2.05) is 6.20 Å². The summed E-state index contributed by atoms with van der Waals surface area (Å²) < 4.78 is 0. The molecule has 1 saturated carbocycles. The van der Waals surface area contributed by atoms with Crippen molar-refractivity contribution in [1.82, 2.24) is 14.9 Å². The van der Waals surface area contributed by atoms with Gasteiger partial charge >= 0.3 is 0 Å². The third kappa shape index (κ3) is 4.41. The molecule has 1 unspecified atom stereocenters. The quantitative estimate of drug-likeness (QED) is 0.845. The minimum Gasteiger partial charge on any atom is -0.348 e. The first-order valence-electron chi connectivity index (χ1n) is 8.82. The van der Waals surface area contributed by atoms with E-state index in [9.17, 15) is 0 Å². The number of hydrogen-bond acceptors (Lipinski definition) is 3. The highest BCUT2D eigenvalue weighted by molar-refractivity contribution is 6.05. The highest BCUT2D eigenvalue weighted by atomic mass is 15.2. The number of aliphatic imine (C=N–C) groups is 1. The fraction of sp³-hybridized carbons (Fsp3) is 0.579. The molecule has 23 heavy (non-hydrogen) atoms. The average molecular weight is 314 g/mol. The van der Waals surface area contributed by atoms with Crippen LogP contribution in [0.1, 0.15) is 57.8 Å². The second kappa shape index (κ2) is 8.82. The lowest BCUT2D eigenvalue weighted by molar-refractivity contribution is 0.226. The largest absolute Gasteiger partial charge is 0.348 e. The fourth-order valence-electron chi connectivity index (χ4n) is 3.20. The molecule has 1 fully saturated rings. The highest BCUT2D eigenvalue weighted by Crippen LogP contribution is 2.27. The standard InChI is InChI=1S/C19H30N4/c1-5-8-12-20-19-16(6-2)10-9-11-18(19)23(7-3)13-17-15(4)21-14-22-17/h6,8,12,14,18H,5,7,9-11,13H2,1-4H3,(H,21,22)/b12-8-,16-6-,20-19-. The van der Waals surface area contributed by atoms with Crippen molar-refractivity contribution in [3.8, 4) is 0 Å². The van der Waals surface area contributed by atoms with Crippen molar-refractivity contribution in [3.05, 3.63) is 41.6 Å². The molecular formula is C19H30N4. The molecule has 4 heteroatoms. The lowest BCUT2D eigenvalue weighted by Gasteiger charge is -2.35. The topological polar surface area (TPSA) is 44.3 Å². The molecule has 1 heterocycles. The highest BCUT2D eigenvalue weighted by Gasteiger charge is 2.29. The Bertz CT molecular complexity index is 580. The molecule has 2 rings (SSSR count). The summed E-state index contributed by atoms with van der Waals surface area (Å²) in [6.07, 6.45) is 12.7. The van der Waals surface area contributed by atoms with Gasteiger partial charge in [-0.25, -0.2) is 4.98 Å². The van der Waals surface area contributed by atoms with Crippen molar-refractivity contribution < 1.29 is 0 Å². The minimum absolute atomic E-state index is 0.387. The van der Waals surface area contributed by atoms with Gasteiger partial charge in [-0.2, -0.15) is 0 Å². The number of H-pyrrole nitrogens is 1. The number of aromatic amines is 1. The summed E-state index contributed by atoms with van der Waals surface area (Å²) in [4.78, 5) is 15.0. The molecule has 126 valence electrons. The van der Waals surface area contributed by atoms with E-state index in [-0.39, 0.29) is 0 Å². The molecule has 1 aliphatic carbocycles. The summed E-state index contributed by atoms with van der Waals surface area (Å²) in [6, 6.07) is 0.387. The number of nitrogens with zero attached hydrogens (tertiary/aromatic N) is 3. The Kier molecular flexibility index (Phi) is 6.78. The van der Waals surface area contributed by atoms with Gasteiger partial charge in [-0.3, -0.25) is 9.89 Å². The van der Waals surface area contributed by atoms with E-state index in [1.54, 1.807) is 6.33 Å². The van der Waals surface area contributed by atoms with Gasteiger partial charge in [0.2, 0.25) is 0 Å². The first kappa shape index (κ1) is 17.7. The molecule has 0 aromatic carbocycles. The van der Waals surface area contributed by atoms with Crippen molar-refractivity contribution >= 4 is 5.71 Å². The lowest BCUT2D eigenvalue weighted by atomic mass is 9.87. The van der Waals surface area contributed by atoms with Crippen LogP contribution in [-0.4, -0.2) is 33.2 Å². The Hall–Kier alpha value is -1.68. The van der Waals surface area contributed by atoms with E-state index in [0.717, 1.165) is 37.3 Å². The second-order valence-electron chi connectivity index (χ2n) is 6.07. The Morgan fingerprint density at radius 1 is 1.43 bits per heavy atom. The monoisotopic (exact) mass is 314 g/mol. The molecule has 0 amide bonds. The van der Waals surface area contributed by atoms with Gasteiger partial charge in [0.25, 0.3) is 0 Å². The van der Waals surface area contributed by atoms with Gasteiger partial charge in [-0.15, -0.1) is 0 Å². The van der Waals surface area contributed by atoms with Gasteiger partial charge in [0.1, 0.15) is 0 Å². The van der Waals surface area contributed by atoms with Crippen LogP contribution in [0.3, 0.4) is 0 Å². The van der Waals surface area contributed by atoms with Crippen LogP contribution in [0.2, 0.25) is 0 Å². The maximum atomic E-state index is 4.83. The van der Waals surface area contributed by atoms with Crippen molar-refractivity contribution in [1.29, 1.82) is 0 Å². The molecule has 0 radical (unpaired) electrons. The van der Waals surface area contributed by atoms with Crippen LogP contribution >= 0.6 is 0 Å². The molecule has 1 aliphatic rings. The maximum absolute atomic E-state index is 4.83. The molecule has 1 atom stereocenters. The zero-order chi connectivity index (χ0) is 16.7. The summed E-state index contributed by atoms with van der Waals surface area (Å²) >= 11 is 0. The van der Waals surface area contributed by atoms with Crippen LogP contribution < -0.4 is 0 Å². The van der Waals surface area contributed by atoms with Crippen molar-refractivity contribution in [2.24, 2.45) is 4.99 Å². The molecule has 4 nitrogen and oxygen atoms in total. The summed E-state index contributed by atoms with van der Waals surface area (Å²) in [6.45, 7) is 10.5. The molecule has 1 N–H and O–H groups in total. The van der Waals surface area contributed by atoms with Crippen LogP contribution in [0.15, 0.2) is 35.2 Å². The SMILES string of the molecule is C/C=C1/CCCC(N(CC)Cc2nc[nH]c2C)/C1=N\C=C/CC. The number of rotatable bonds is 6. The van der Waals surface area contributed by atoms with Crippen LogP contribution in [0.25, 0.3) is 0 Å². The summed E-state index contributed by atoms with van der Waals surface area (Å²) in [5, 5.41) is 0. The van der Waals surface area contributed by atoms with Gasteiger partial charge in [0, 0.05) is 18.4 Å². The van der Waals surface area contributed by atoms with E-state index in [1.165, 1.54) is 24.1 Å². The smallest absolute Gasteiger partial charge is 0.0925 e. The van der Waals surface area contributed by atoms with Gasteiger partial charge in [-0.05, 0) is 51.6 Å². The Balaban J connectivity index is 2.25. The summed E-state index contributed by atoms with van der Waals surface area (Å²) in [5.41, 5.74) is 4.95. The van der Waals surface area contributed by atoms with E-state index in [0.29, 0.717) is 6.04 Å². The van der Waals surface area contributed by atoms with Gasteiger partial charge in [-0.1, -0.05) is 26.0 Å². The van der Waals surface area contributed by atoms with Gasteiger partial charge in [0.05, 0.1) is 23.8 Å². The predicted octanol–water partition coefficient (Wildman–Crippen LogP) is 4.40. The van der Waals surface area contributed by atoms with Crippen molar-refractivity contribution in [2.45, 2.75) is 66.0 Å². The van der Waals surface area contributed by atoms with Gasteiger partial charge < -0.3 is 4.98 Å². The van der Waals surface area contributed by atoms with Crippen molar-refractivity contribution in [3.63, 3.8) is 0 Å². The Morgan fingerprint density at radius 3 is 2.87 bits per heavy atom. The Labute approximate surface area is 140 Å². The normalized spacial score (nSPS) is 22.7. The first-order valence-corrected chi connectivity index (χ1v) is 8.82. The molecule has 0 spiro atoms. The number of allylic oxidation sites excluding steroid dienone is 2. The van der Waals surface area contributed by atoms with E-state index < -0.39 is 0 Å². The predicted molar refractivity (Wildman–Crippen MR) is 97.7 cm³/mol. The van der Waals surface area contributed by atoms with E-state index >= 15 is 0 Å². The zero-order valence-electron chi connectivity index (χ0n) is 15.0. The number of imidazole rings is 1. The number of aromatic nitrogens is 2. The van der Waals surface area contributed by atoms with Crippen molar-refractivity contribution in [2.75, 3.05) is 6.54 Å². The number of nitrogens with one attached hydrogen (secondary N) is 1. The average Bonchev–Trinajstić information content (AvgIpc) is 2.98.